The Bertz CT molecular complexity index is 1340. The van der Waals surface area contributed by atoms with Crippen molar-refractivity contribution < 1.29 is 4.79 Å². The number of nitrogens with zero attached hydrogens (tertiary/aromatic N) is 4. The van der Waals surface area contributed by atoms with E-state index in [2.05, 4.69) is 20.7 Å². The summed E-state index contributed by atoms with van der Waals surface area (Å²) in [6.45, 7) is 4.67. The molecule has 3 heterocycles. The molecule has 0 fully saturated rings. The molecular weight excluding hydrogens is 416 g/mol. The summed E-state index contributed by atoms with van der Waals surface area (Å²) in [6.07, 6.45) is 3.37. The molecule has 0 unspecified atom stereocenters. The molecule has 160 valence electrons. The maximum absolute atomic E-state index is 13.2. The first-order valence-electron chi connectivity index (χ1n) is 9.99. The van der Waals surface area contributed by atoms with Crippen LogP contribution in [-0.2, 0) is 6.54 Å². The van der Waals surface area contributed by atoms with Crippen molar-refractivity contribution in [1.82, 2.24) is 29.8 Å². The highest BCUT2D eigenvalue weighted by Gasteiger charge is 2.22. The van der Waals surface area contributed by atoms with Crippen molar-refractivity contribution in [3.8, 4) is 0 Å². The van der Waals surface area contributed by atoms with Crippen molar-refractivity contribution in [2.45, 2.75) is 26.4 Å². The Morgan fingerprint density at radius 2 is 2.10 bits per heavy atom. The third kappa shape index (κ3) is 3.80. The second kappa shape index (κ2) is 8.49. The Morgan fingerprint density at radius 1 is 1.29 bits per heavy atom. The van der Waals surface area contributed by atoms with Gasteiger partial charge in [0.1, 0.15) is 5.56 Å². The Kier molecular flexibility index (Phi) is 5.75. The zero-order valence-electron chi connectivity index (χ0n) is 17.5. The minimum atomic E-state index is -0.432. The first kappa shape index (κ1) is 21.0. The van der Waals surface area contributed by atoms with Crippen LogP contribution in [0.1, 0.15) is 34.7 Å². The van der Waals surface area contributed by atoms with Crippen molar-refractivity contribution >= 4 is 33.9 Å². The molecule has 4 aromatic rings. The lowest BCUT2D eigenvalue weighted by molar-refractivity contribution is 0.0939. The van der Waals surface area contributed by atoms with Gasteiger partial charge in [-0.05, 0) is 44.5 Å². The molecule has 0 saturated heterocycles. The number of pyridine rings is 1. The van der Waals surface area contributed by atoms with Gasteiger partial charge in [-0.3, -0.25) is 9.59 Å². The standard InChI is InChI=1S/C22H23ClN6O2/c1-13(26-21(30)18-14(2)27-29-10-5-8-25-20(18)29)17-12-15-6-4-7-16(23)19(15)22(31)28(17)11-9-24-3/h4-8,10,12-13,24H,9,11H2,1-3H3,(H,26,30)/t13-/m0/s1. The average molecular weight is 439 g/mol. The highest BCUT2D eigenvalue weighted by atomic mass is 35.5. The maximum atomic E-state index is 13.2. The fraction of sp³-hybridized carbons (Fsp3) is 0.273. The maximum Gasteiger partial charge on any atom is 0.260 e. The van der Waals surface area contributed by atoms with Crippen LogP contribution in [0.3, 0.4) is 0 Å². The van der Waals surface area contributed by atoms with Gasteiger partial charge in [0, 0.05) is 31.2 Å². The molecular formula is C22H23ClN6O2. The van der Waals surface area contributed by atoms with Gasteiger partial charge in [0.15, 0.2) is 5.65 Å². The van der Waals surface area contributed by atoms with Gasteiger partial charge in [0.25, 0.3) is 11.5 Å². The van der Waals surface area contributed by atoms with Crippen molar-refractivity contribution in [2.75, 3.05) is 13.6 Å². The molecule has 1 amide bonds. The molecule has 0 aliphatic rings. The molecule has 2 N–H and O–H groups in total. The minimum absolute atomic E-state index is 0.178. The van der Waals surface area contributed by atoms with E-state index in [4.69, 9.17) is 11.6 Å². The van der Waals surface area contributed by atoms with Crippen molar-refractivity contribution in [1.29, 1.82) is 0 Å². The number of carbonyl (C=O) groups excluding carboxylic acids is 1. The zero-order valence-corrected chi connectivity index (χ0v) is 18.3. The van der Waals surface area contributed by atoms with Gasteiger partial charge in [-0.15, -0.1) is 0 Å². The quantitative estimate of drug-likeness (QED) is 0.482. The van der Waals surface area contributed by atoms with E-state index in [0.29, 0.717) is 46.1 Å². The Labute approximate surface area is 183 Å². The largest absolute Gasteiger partial charge is 0.344 e. The van der Waals surface area contributed by atoms with Gasteiger partial charge < -0.3 is 15.2 Å². The first-order valence-corrected chi connectivity index (χ1v) is 10.4. The summed E-state index contributed by atoms with van der Waals surface area (Å²) >= 11 is 6.31. The Morgan fingerprint density at radius 3 is 2.87 bits per heavy atom. The lowest BCUT2D eigenvalue weighted by atomic mass is 10.1. The number of benzene rings is 1. The van der Waals surface area contributed by atoms with E-state index in [-0.39, 0.29) is 11.5 Å². The third-order valence-corrected chi connectivity index (χ3v) is 5.61. The molecule has 3 aromatic heterocycles. The number of hydrogen-bond donors (Lipinski definition) is 2. The van der Waals surface area contributed by atoms with Crippen LogP contribution in [0.15, 0.2) is 47.5 Å². The molecule has 8 nitrogen and oxygen atoms in total. The van der Waals surface area contributed by atoms with Gasteiger partial charge in [-0.1, -0.05) is 23.7 Å². The summed E-state index contributed by atoms with van der Waals surface area (Å²) in [6, 6.07) is 8.60. The average Bonchev–Trinajstić information content (AvgIpc) is 3.08. The predicted molar refractivity (Wildman–Crippen MR) is 121 cm³/mol. The monoisotopic (exact) mass is 438 g/mol. The second-order valence-corrected chi connectivity index (χ2v) is 7.78. The lowest BCUT2D eigenvalue weighted by Crippen LogP contribution is -2.34. The predicted octanol–water partition coefficient (Wildman–Crippen LogP) is 2.72. The summed E-state index contributed by atoms with van der Waals surface area (Å²) in [5.74, 6) is -0.294. The van der Waals surface area contributed by atoms with Gasteiger partial charge in [-0.2, -0.15) is 5.10 Å². The number of carbonyl (C=O) groups is 1. The smallest absolute Gasteiger partial charge is 0.260 e. The molecule has 1 aromatic carbocycles. The van der Waals surface area contributed by atoms with Crippen molar-refractivity contribution in [3.63, 3.8) is 0 Å². The molecule has 0 aliphatic heterocycles. The number of amides is 1. The number of hydrogen-bond acceptors (Lipinski definition) is 5. The first-order chi connectivity index (χ1) is 14.9. The van der Waals surface area contributed by atoms with Crippen LogP contribution in [0.25, 0.3) is 16.4 Å². The van der Waals surface area contributed by atoms with Crippen LogP contribution in [-0.4, -0.2) is 38.7 Å². The number of halogens is 1. The topological polar surface area (TPSA) is 93.3 Å². The fourth-order valence-electron chi connectivity index (χ4n) is 3.79. The van der Waals surface area contributed by atoms with E-state index < -0.39 is 6.04 Å². The van der Waals surface area contributed by atoms with Crippen molar-refractivity contribution in [3.05, 3.63) is 75.1 Å². The van der Waals surface area contributed by atoms with Crippen LogP contribution < -0.4 is 16.2 Å². The molecule has 0 spiro atoms. The second-order valence-electron chi connectivity index (χ2n) is 7.38. The molecule has 0 saturated carbocycles. The zero-order chi connectivity index (χ0) is 22.1. The minimum Gasteiger partial charge on any atom is -0.344 e. The van der Waals surface area contributed by atoms with Gasteiger partial charge in [-0.25, -0.2) is 9.50 Å². The summed E-state index contributed by atoms with van der Waals surface area (Å²) in [4.78, 5) is 30.7. The van der Waals surface area contributed by atoms with Crippen LogP contribution in [0.5, 0.6) is 0 Å². The number of aromatic nitrogens is 4. The van der Waals surface area contributed by atoms with Crippen LogP contribution in [0, 0.1) is 6.92 Å². The number of likely N-dealkylation sites (N-methyl/N-ethyl adjacent to an activating group) is 1. The molecule has 31 heavy (non-hydrogen) atoms. The van der Waals surface area contributed by atoms with Crippen LogP contribution >= 0.6 is 11.6 Å². The normalized spacial score (nSPS) is 12.4. The van der Waals surface area contributed by atoms with Crippen LogP contribution in [0.2, 0.25) is 5.02 Å². The molecule has 0 radical (unpaired) electrons. The number of fused-ring (bicyclic) bond motifs is 2. The molecule has 4 rings (SSSR count). The van der Waals surface area contributed by atoms with Gasteiger partial charge >= 0.3 is 0 Å². The number of aryl methyl sites for hydroxylation is 1. The van der Waals surface area contributed by atoms with E-state index in [1.165, 1.54) is 0 Å². The number of rotatable bonds is 6. The molecule has 0 aliphatic carbocycles. The molecule has 1 atom stereocenters. The van der Waals surface area contributed by atoms with E-state index in [9.17, 15) is 9.59 Å². The summed E-state index contributed by atoms with van der Waals surface area (Å²) in [5, 5.41) is 12.1. The SMILES string of the molecule is CNCCn1c([C@H](C)NC(=O)c2c(C)nn3cccnc23)cc2cccc(Cl)c2c1=O. The molecule has 9 heteroatoms. The fourth-order valence-corrected chi connectivity index (χ4v) is 4.06. The van der Waals surface area contributed by atoms with Gasteiger partial charge in [0.05, 0.1) is 22.1 Å². The van der Waals surface area contributed by atoms with E-state index in [1.807, 2.05) is 32.2 Å². The summed E-state index contributed by atoms with van der Waals surface area (Å²) < 4.78 is 3.24. The summed E-state index contributed by atoms with van der Waals surface area (Å²) in [5.41, 5.74) is 2.01. The molecule has 0 bridgehead atoms. The van der Waals surface area contributed by atoms with E-state index >= 15 is 0 Å². The highest BCUT2D eigenvalue weighted by molar-refractivity contribution is 6.35. The summed E-state index contributed by atoms with van der Waals surface area (Å²) in [7, 11) is 1.82. The lowest BCUT2D eigenvalue weighted by Gasteiger charge is -2.21. The van der Waals surface area contributed by atoms with E-state index in [1.54, 1.807) is 40.5 Å². The van der Waals surface area contributed by atoms with Crippen molar-refractivity contribution in [2.24, 2.45) is 0 Å². The highest BCUT2D eigenvalue weighted by Crippen LogP contribution is 2.24. The number of nitrogens with one attached hydrogen (secondary N) is 2. The Balaban J connectivity index is 1.76. The van der Waals surface area contributed by atoms with Crippen LogP contribution in [0.4, 0.5) is 0 Å². The third-order valence-electron chi connectivity index (χ3n) is 5.29. The Hall–Kier alpha value is -3.23. The van der Waals surface area contributed by atoms with E-state index in [0.717, 1.165) is 5.39 Å². The van der Waals surface area contributed by atoms with Gasteiger partial charge in [0.2, 0.25) is 0 Å².